The lowest BCUT2D eigenvalue weighted by Crippen LogP contribution is -2.38. The fourth-order valence-corrected chi connectivity index (χ4v) is 4.31. The average Bonchev–Trinajstić information content (AvgIpc) is 3.29. The molecule has 160 valence electrons. The van der Waals surface area contributed by atoms with E-state index in [9.17, 15) is 4.79 Å². The third-order valence-electron chi connectivity index (χ3n) is 5.95. The first kappa shape index (κ1) is 20.0. The number of carbonyl (C=O) groups excluding carboxylic acids is 1. The summed E-state index contributed by atoms with van der Waals surface area (Å²) in [6.45, 7) is 5.05. The van der Waals surface area contributed by atoms with Crippen molar-refractivity contribution in [1.29, 1.82) is 0 Å². The molecule has 1 aliphatic heterocycles. The molecule has 0 saturated carbocycles. The number of hydrogen-bond donors (Lipinski definition) is 0. The molecule has 0 N–H and O–H groups in total. The highest BCUT2D eigenvalue weighted by atomic mass is 16.5. The summed E-state index contributed by atoms with van der Waals surface area (Å²) in [6, 6.07) is 20.1. The van der Waals surface area contributed by atoms with E-state index >= 15 is 0 Å². The van der Waals surface area contributed by atoms with Crippen molar-refractivity contribution in [3.8, 4) is 22.8 Å². The van der Waals surface area contributed by atoms with Crippen LogP contribution in [0.2, 0.25) is 0 Å². The van der Waals surface area contributed by atoms with Gasteiger partial charge in [0, 0.05) is 30.9 Å². The smallest absolute Gasteiger partial charge is 0.245 e. The number of benzene rings is 2. The number of para-hydroxylation sites is 1. The Kier molecular flexibility index (Phi) is 5.42. The minimum Gasteiger partial charge on any atom is -0.457 e. The first-order valence-electron chi connectivity index (χ1n) is 10.8. The molecule has 32 heavy (non-hydrogen) atoms. The molecule has 1 saturated heterocycles. The maximum absolute atomic E-state index is 11.9. The fraction of sp³-hybridized carbons (Fsp3) is 0.192. The lowest BCUT2D eigenvalue weighted by atomic mass is 10.0. The van der Waals surface area contributed by atoms with Crippen LogP contribution >= 0.6 is 0 Å². The van der Waals surface area contributed by atoms with Gasteiger partial charge in [0.25, 0.3) is 0 Å². The molecule has 0 aliphatic carbocycles. The molecule has 4 aromatic rings. The van der Waals surface area contributed by atoms with Crippen molar-refractivity contribution >= 4 is 16.9 Å². The van der Waals surface area contributed by atoms with Crippen molar-refractivity contribution in [3.05, 3.63) is 85.8 Å². The first-order valence-corrected chi connectivity index (χ1v) is 10.8. The Morgan fingerprint density at radius 3 is 2.41 bits per heavy atom. The van der Waals surface area contributed by atoms with Gasteiger partial charge in [0.05, 0.1) is 16.7 Å². The van der Waals surface area contributed by atoms with Crippen molar-refractivity contribution in [2.45, 2.75) is 18.9 Å². The number of hydrogen-bond acceptors (Lipinski definition) is 4. The van der Waals surface area contributed by atoms with Crippen LogP contribution in [0.5, 0.6) is 11.5 Å². The van der Waals surface area contributed by atoms with E-state index in [0.717, 1.165) is 59.7 Å². The van der Waals surface area contributed by atoms with E-state index in [2.05, 4.69) is 27.3 Å². The Hall–Kier alpha value is -3.93. The maximum Gasteiger partial charge on any atom is 0.245 e. The minimum absolute atomic E-state index is 0.00245. The molecule has 0 atom stereocenters. The lowest BCUT2D eigenvalue weighted by Gasteiger charge is -2.32. The molecule has 0 unspecified atom stereocenters. The quantitative estimate of drug-likeness (QED) is 0.411. The van der Waals surface area contributed by atoms with Crippen molar-refractivity contribution in [3.63, 3.8) is 0 Å². The molecular formula is C26H24N4O2. The van der Waals surface area contributed by atoms with Crippen molar-refractivity contribution in [2.75, 3.05) is 13.1 Å². The van der Waals surface area contributed by atoms with Gasteiger partial charge >= 0.3 is 0 Å². The Balaban J connectivity index is 1.42. The topological polar surface area (TPSA) is 60.2 Å². The lowest BCUT2D eigenvalue weighted by molar-refractivity contribution is -0.127. The zero-order valence-electron chi connectivity index (χ0n) is 17.7. The van der Waals surface area contributed by atoms with Crippen molar-refractivity contribution in [1.82, 2.24) is 19.4 Å². The van der Waals surface area contributed by atoms with Gasteiger partial charge < -0.3 is 14.2 Å². The minimum atomic E-state index is 0.00245. The van der Waals surface area contributed by atoms with Gasteiger partial charge in [-0.3, -0.25) is 4.79 Å². The summed E-state index contributed by atoms with van der Waals surface area (Å²) in [4.78, 5) is 22.9. The van der Waals surface area contributed by atoms with E-state index in [1.165, 1.54) is 6.08 Å². The second kappa shape index (κ2) is 8.67. The molecule has 5 rings (SSSR count). The number of nitrogens with zero attached hydrogens (tertiary/aromatic N) is 4. The Morgan fingerprint density at radius 2 is 1.69 bits per heavy atom. The number of rotatable bonds is 5. The van der Waals surface area contributed by atoms with Gasteiger partial charge in [0.2, 0.25) is 5.91 Å². The number of piperidine rings is 1. The highest BCUT2D eigenvalue weighted by Crippen LogP contribution is 2.33. The average molecular weight is 425 g/mol. The number of fused-ring (bicyclic) bond motifs is 1. The van der Waals surface area contributed by atoms with E-state index in [1.807, 2.05) is 65.6 Å². The normalized spacial score (nSPS) is 14.4. The van der Waals surface area contributed by atoms with Crippen LogP contribution in [0.3, 0.4) is 0 Å². The van der Waals surface area contributed by atoms with E-state index < -0.39 is 0 Å². The van der Waals surface area contributed by atoms with E-state index in [1.54, 1.807) is 6.33 Å². The van der Waals surface area contributed by atoms with Crippen molar-refractivity contribution < 1.29 is 9.53 Å². The van der Waals surface area contributed by atoms with Crippen LogP contribution in [-0.4, -0.2) is 38.4 Å². The summed E-state index contributed by atoms with van der Waals surface area (Å²) >= 11 is 0. The highest BCUT2D eigenvalue weighted by Gasteiger charge is 2.24. The summed E-state index contributed by atoms with van der Waals surface area (Å²) in [5, 5.41) is 0. The molecule has 0 bridgehead atoms. The summed E-state index contributed by atoms with van der Waals surface area (Å²) in [7, 11) is 0. The van der Waals surface area contributed by atoms with Crippen LogP contribution in [0.4, 0.5) is 0 Å². The number of likely N-dealkylation sites (tertiary alicyclic amines) is 1. The molecule has 1 amide bonds. The van der Waals surface area contributed by atoms with Crippen LogP contribution in [0.1, 0.15) is 18.9 Å². The maximum atomic E-state index is 11.9. The summed E-state index contributed by atoms with van der Waals surface area (Å²) in [6.07, 6.45) is 6.87. The molecular weight excluding hydrogens is 400 g/mol. The summed E-state index contributed by atoms with van der Waals surface area (Å²) < 4.78 is 8.19. The second-order valence-corrected chi connectivity index (χ2v) is 7.88. The van der Waals surface area contributed by atoms with Gasteiger partial charge in [-0.2, -0.15) is 0 Å². The third kappa shape index (κ3) is 3.87. The number of ether oxygens (including phenoxy) is 1. The van der Waals surface area contributed by atoms with Gasteiger partial charge in [-0.05, 0) is 61.4 Å². The fourth-order valence-electron chi connectivity index (χ4n) is 4.31. The van der Waals surface area contributed by atoms with Gasteiger partial charge in [0.1, 0.15) is 17.8 Å². The Morgan fingerprint density at radius 1 is 0.969 bits per heavy atom. The van der Waals surface area contributed by atoms with Crippen LogP contribution in [0, 0.1) is 0 Å². The third-order valence-corrected chi connectivity index (χ3v) is 5.95. The zero-order valence-corrected chi connectivity index (χ0v) is 17.7. The van der Waals surface area contributed by atoms with Gasteiger partial charge in [-0.15, -0.1) is 0 Å². The molecule has 2 aromatic heterocycles. The molecule has 0 radical (unpaired) electrons. The van der Waals surface area contributed by atoms with Gasteiger partial charge in [-0.1, -0.05) is 24.8 Å². The molecule has 1 aliphatic rings. The van der Waals surface area contributed by atoms with Crippen LogP contribution in [0.15, 0.2) is 85.8 Å². The largest absolute Gasteiger partial charge is 0.457 e. The van der Waals surface area contributed by atoms with E-state index in [4.69, 9.17) is 4.74 Å². The van der Waals surface area contributed by atoms with Gasteiger partial charge in [0.15, 0.2) is 0 Å². The predicted octanol–water partition coefficient (Wildman–Crippen LogP) is 5.24. The van der Waals surface area contributed by atoms with Crippen LogP contribution in [0.25, 0.3) is 22.3 Å². The van der Waals surface area contributed by atoms with Crippen LogP contribution in [-0.2, 0) is 4.79 Å². The molecule has 1 fully saturated rings. The highest BCUT2D eigenvalue weighted by molar-refractivity contribution is 5.90. The number of amides is 1. The van der Waals surface area contributed by atoms with E-state index in [0.29, 0.717) is 6.04 Å². The Labute approximate surface area is 186 Å². The zero-order chi connectivity index (χ0) is 21.9. The SMILES string of the molecule is C=CC(=O)N1CCC(n2ccc3ncnc(-c4ccc(Oc5ccccc5)cc4)c32)CC1. The van der Waals surface area contributed by atoms with E-state index in [-0.39, 0.29) is 5.91 Å². The van der Waals surface area contributed by atoms with Crippen molar-refractivity contribution in [2.24, 2.45) is 0 Å². The van der Waals surface area contributed by atoms with Gasteiger partial charge in [-0.25, -0.2) is 9.97 Å². The monoisotopic (exact) mass is 424 g/mol. The number of aromatic nitrogens is 3. The molecule has 6 heteroatoms. The first-order chi connectivity index (χ1) is 15.7. The second-order valence-electron chi connectivity index (χ2n) is 7.88. The summed E-state index contributed by atoms with van der Waals surface area (Å²) in [5.74, 6) is 1.59. The molecule has 2 aromatic carbocycles. The Bertz CT molecular complexity index is 1240. The molecule has 0 spiro atoms. The number of carbonyl (C=O) groups is 1. The molecule has 3 heterocycles. The summed E-state index contributed by atoms with van der Waals surface area (Å²) in [5.41, 5.74) is 3.86. The standard InChI is InChI=1S/C26H24N4O2/c1-2-24(31)29-15-12-20(13-16-29)30-17-14-23-26(30)25(28-18-27-23)19-8-10-22(11-9-19)32-21-6-4-3-5-7-21/h2-11,14,17-18,20H,1,12-13,15-16H2. The molecule has 6 nitrogen and oxygen atoms in total. The predicted molar refractivity (Wildman–Crippen MR) is 125 cm³/mol. The van der Waals surface area contributed by atoms with Crippen LogP contribution < -0.4 is 4.74 Å².